The number of benzene rings is 1. The standard InChI is InChI=1S/C20H20N4O2S/c1-12(20-24-15-4-2-3-5-17(15)27-20)22-19(26)14-8-6-13(7-9-14)16-10-21-11-18(25)23-16/h6-12H,2-5H2,1H3,(H,22,26)(H,23,25). The van der Waals surface area contributed by atoms with Crippen LogP contribution in [0.4, 0.5) is 0 Å². The highest BCUT2D eigenvalue weighted by molar-refractivity contribution is 7.11. The molecule has 138 valence electrons. The van der Waals surface area contributed by atoms with Gasteiger partial charge in [0.2, 0.25) is 0 Å². The second kappa shape index (κ2) is 7.44. The zero-order valence-corrected chi connectivity index (χ0v) is 15.8. The van der Waals surface area contributed by atoms with E-state index in [1.165, 1.54) is 29.6 Å². The number of carbonyl (C=O) groups is 1. The fourth-order valence-electron chi connectivity index (χ4n) is 3.22. The van der Waals surface area contributed by atoms with Gasteiger partial charge in [0.15, 0.2) is 0 Å². The minimum atomic E-state index is -0.255. The SMILES string of the molecule is CC(NC(=O)c1ccc(-c2cncc(=O)[nH]2)cc1)c1nc2c(s1)CCCC2. The first-order valence-corrected chi connectivity index (χ1v) is 9.86. The third kappa shape index (κ3) is 3.83. The summed E-state index contributed by atoms with van der Waals surface area (Å²) in [6, 6.07) is 6.97. The third-order valence-corrected chi connectivity index (χ3v) is 6.03. The highest BCUT2D eigenvalue weighted by atomic mass is 32.1. The Bertz CT molecular complexity index is 999. The van der Waals surface area contributed by atoms with Gasteiger partial charge in [0.05, 0.1) is 29.8 Å². The molecule has 2 N–H and O–H groups in total. The van der Waals surface area contributed by atoms with Crippen molar-refractivity contribution < 1.29 is 4.79 Å². The van der Waals surface area contributed by atoms with Crippen molar-refractivity contribution in [3.05, 3.63) is 68.2 Å². The molecule has 0 fully saturated rings. The Hall–Kier alpha value is -2.80. The summed E-state index contributed by atoms with van der Waals surface area (Å²) in [5.41, 5.74) is 2.94. The number of amides is 1. The maximum absolute atomic E-state index is 12.6. The number of hydrogen-bond donors (Lipinski definition) is 2. The molecule has 2 heterocycles. The highest BCUT2D eigenvalue weighted by Crippen LogP contribution is 2.29. The zero-order valence-electron chi connectivity index (χ0n) is 15.0. The van der Waals surface area contributed by atoms with Crippen molar-refractivity contribution in [3.63, 3.8) is 0 Å². The molecule has 3 aromatic rings. The summed E-state index contributed by atoms with van der Waals surface area (Å²) in [7, 11) is 0. The summed E-state index contributed by atoms with van der Waals surface area (Å²) >= 11 is 1.72. The molecule has 0 saturated heterocycles. The van der Waals surface area contributed by atoms with Gasteiger partial charge in [-0.3, -0.25) is 14.6 Å². The van der Waals surface area contributed by atoms with Crippen molar-refractivity contribution in [2.75, 3.05) is 0 Å². The van der Waals surface area contributed by atoms with E-state index in [1.807, 2.05) is 6.92 Å². The second-order valence-electron chi connectivity index (χ2n) is 6.71. The molecular weight excluding hydrogens is 360 g/mol. The van der Waals surface area contributed by atoms with Gasteiger partial charge in [-0.25, -0.2) is 4.98 Å². The number of aromatic amines is 1. The predicted molar refractivity (Wildman–Crippen MR) is 105 cm³/mol. The topological polar surface area (TPSA) is 87.7 Å². The van der Waals surface area contributed by atoms with Gasteiger partial charge in [0, 0.05) is 10.4 Å². The van der Waals surface area contributed by atoms with E-state index in [2.05, 4.69) is 15.3 Å². The van der Waals surface area contributed by atoms with Crippen LogP contribution < -0.4 is 10.9 Å². The number of nitrogens with zero attached hydrogens (tertiary/aromatic N) is 2. The summed E-state index contributed by atoms with van der Waals surface area (Å²) in [5, 5.41) is 4.00. The van der Waals surface area contributed by atoms with E-state index in [4.69, 9.17) is 4.98 Å². The number of carbonyl (C=O) groups excluding carboxylic acids is 1. The molecule has 0 spiro atoms. The molecule has 7 heteroatoms. The van der Waals surface area contributed by atoms with Crippen molar-refractivity contribution in [2.45, 2.75) is 38.6 Å². The molecule has 0 bridgehead atoms. The number of nitrogens with one attached hydrogen (secondary N) is 2. The molecule has 4 rings (SSSR count). The highest BCUT2D eigenvalue weighted by Gasteiger charge is 2.20. The molecule has 0 aliphatic heterocycles. The number of rotatable bonds is 4. The first-order chi connectivity index (χ1) is 13.1. The van der Waals surface area contributed by atoms with Gasteiger partial charge in [-0.15, -0.1) is 11.3 Å². The molecule has 1 aliphatic carbocycles. The molecule has 0 radical (unpaired) electrons. The molecular formula is C20H20N4O2S. The number of hydrogen-bond acceptors (Lipinski definition) is 5. The van der Waals surface area contributed by atoms with Gasteiger partial charge >= 0.3 is 0 Å². The van der Waals surface area contributed by atoms with Crippen LogP contribution in [0.1, 0.15) is 51.7 Å². The third-order valence-electron chi connectivity index (χ3n) is 4.69. The monoisotopic (exact) mass is 380 g/mol. The van der Waals surface area contributed by atoms with Crippen LogP contribution in [-0.4, -0.2) is 20.9 Å². The van der Waals surface area contributed by atoms with Crippen molar-refractivity contribution in [1.29, 1.82) is 0 Å². The Balaban J connectivity index is 1.46. The summed E-state index contributed by atoms with van der Waals surface area (Å²) in [4.78, 5) is 36.7. The molecule has 1 aromatic carbocycles. The number of aryl methyl sites for hydroxylation is 2. The lowest BCUT2D eigenvalue weighted by atomic mass is 10.0. The molecule has 1 unspecified atom stereocenters. The maximum atomic E-state index is 12.6. The number of thiazole rings is 1. The van der Waals surface area contributed by atoms with Crippen LogP contribution in [0.15, 0.2) is 41.5 Å². The first-order valence-electron chi connectivity index (χ1n) is 9.04. The van der Waals surface area contributed by atoms with Gasteiger partial charge in [-0.2, -0.15) is 0 Å². The van der Waals surface area contributed by atoms with Crippen molar-refractivity contribution in [1.82, 2.24) is 20.3 Å². The number of aromatic nitrogens is 3. The Morgan fingerprint density at radius 1 is 1.19 bits per heavy atom. The average molecular weight is 380 g/mol. The number of fused-ring (bicyclic) bond motifs is 1. The van der Waals surface area contributed by atoms with Gasteiger partial charge in [0.1, 0.15) is 5.01 Å². The van der Waals surface area contributed by atoms with E-state index in [0.29, 0.717) is 11.3 Å². The fourth-order valence-corrected chi connectivity index (χ4v) is 4.38. The van der Waals surface area contributed by atoms with Crippen LogP contribution in [0, 0.1) is 0 Å². The van der Waals surface area contributed by atoms with E-state index >= 15 is 0 Å². The van der Waals surface area contributed by atoms with E-state index < -0.39 is 0 Å². The molecule has 6 nitrogen and oxygen atoms in total. The lowest BCUT2D eigenvalue weighted by Crippen LogP contribution is -2.26. The fraction of sp³-hybridized carbons (Fsp3) is 0.300. The van der Waals surface area contributed by atoms with Gasteiger partial charge in [-0.05, 0) is 50.3 Å². The van der Waals surface area contributed by atoms with E-state index in [1.54, 1.807) is 41.8 Å². The van der Waals surface area contributed by atoms with Crippen molar-refractivity contribution in [2.24, 2.45) is 0 Å². The second-order valence-corrected chi connectivity index (χ2v) is 7.83. The lowest BCUT2D eigenvalue weighted by molar-refractivity contribution is 0.0940. The van der Waals surface area contributed by atoms with Crippen LogP contribution >= 0.6 is 11.3 Å². The van der Waals surface area contributed by atoms with Crippen LogP contribution in [0.3, 0.4) is 0 Å². The van der Waals surface area contributed by atoms with Gasteiger partial charge in [-0.1, -0.05) is 12.1 Å². The molecule has 1 aliphatic rings. The van der Waals surface area contributed by atoms with Gasteiger partial charge in [0.25, 0.3) is 11.5 Å². The van der Waals surface area contributed by atoms with Crippen LogP contribution in [0.25, 0.3) is 11.3 Å². The minimum Gasteiger partial charge on any atom is -0.343 e. The maximum Gasteiger partial charge on any atom is 0.266 e. The molecule has 2 aromatic heterocycles. The summed E-state index contributed by atoms with van der Waals surface area (Å²) in [5.74, 6) is -0.137. The number of H-pyrrole nitrogens is 1. The molecule has 0 saturated carbocycles. The smallest absolute Gasteiger partial charge is 0.266 e. The minimum absolute atomic E-state index is 0.123. The Kier molecular flexibility index (Phi) is 4.85. The molecule has 1 amide bonds. The van der Waals surface area contributed by atoms with Crippen LogP contribution in [-0.2, 0) is 12.8 Å². The summed E-state index contributed by atoms with van der Waals surface area (Å²) in [6.07, 6.45) is 7.39. The van der Waals surface area contributed by atoms with Crippen molar-refractivity contribution >= 4 is 17.2 Å². The van der Waals surface area contributed by atoms with E-state index in [0.717, 1.165) is 23.4 Å². The normalized spacial score (nSPS) is 14.4. The quantitative estimate of drug-likeness (QED) is 0.727. The summed E-state index contributed by atoms with van der Waals surface area (Å²) in [6.45, 7) is 1.97. The van der Waals surface area contributed by atoms with Crippen LogP contribution in [0.2, 0.25) is 0 Å². The lowest BCUT2D eigenvalue weighted by Gasteiger charge is -2.11. The zero-order chi connectivity index (χ0) is 18.8. The largest absolute Gasteiger partial charge is 0.343 e. The predicted octanol–water partition coefficient (Wildman–Crippen LogP) is 3.26. The van der Waals surface area contributed by atoms with Crippen LogP contribution in [0.5, 0.6) is 0 Å². The van der Waals surface area contributed by atoms with Crippen molar-refractivity contribution in [3.8, 4) is 11.3 Å². The molecule has 1 atom stereocenters. The average Bonchev–Trinajstić information content (AvgIpc) is 3.12. The van der Waals surface area contributed by atoms with Gasteiger partial charge < -0.3 is 10.3 Å². The molecule has 27 heavy (non-hydrogen) atoms. The first kappa shape index (κ1) is 17.6. The Morgan fingerprint density at radius 3 is 2.70 bits per heavy atom. The Morgan fingerprint density at radius 2 is 1.96 bits per heavy atom. The van der Waals surface area contributed by atoms with E-state index in [9.17, 15) is 9.59 Å². The Labute approximate surface area is 160 Å². The summed E-state index contributed by atoms with van der Waals surface area (Å²) < 4.78 is 0. The van der Waals surface area contributed by atoms with E-state index in [-0.39, 0.29) is 17.5 Å².